The van der Waals surface area contributed by atoms with Crippen LogP contribution in [0.5, 0.6) is 11.5 Å². The summed E-state index contributed by atoms with van der Waals surface area (Å²) in [5.41, 5.74) is 4.12. The number of methoxy groups -OCH3 is 2. The fourth-order valence-corrected chi connectivity index (χ4v) is 2.82. The normalized spacial score (nSPS) is 10.3. The van der Waals surface area contributed by atoms with Crippen LogP contribution in [0.4, 0.5) is 5.69 Å². The van der Waals surface area contributed by atoms with E-state index in [1.54, 1.807) is 14.2 Å². The van der Waals surface area contributed by atoms with Crippen LogP contribution in [0.2, 0.25) is 5.02 Å². The topological polar surface area (TPSA) is 33.7 Å². The lowest BCUT2D eigenvalue weighted by molar-refractivity contribution is 0.353. The van der Waals surface area contributed by atoms with E-state index in [2.05, 4.69) is 5.32 Å². The lowest BCUT2D eigenvalue weighted by Gasteiger charge is -2.23. The largest absolute Gasteiger partial charge is 0.493 e. The van der Waals surface area contributed by atoms with E-state index in [1.807, 2.05) is 56.1 Å². The highest BCUT2D eigenvalue weighted by Crippen LogP contribution is 2.31. The van der Waals surface area contributed by atoms with Crippen LogP contribution in [0.1, 0.15) is 16.7 Å². The van der Waals surface area contributed by atoms with Crippen LogP contribution in [0, 0.1) is 13.8 Å². The summed E-state index contributed by atoms with van der Waals surface area (Å²) in [4.78, 5) is 1.98. The maximum Gasteiger partial charge on any atom is 0.173 e. The predicted molar refractivity (Wildman–Crippen MR) is 108 cm³/mol. The molecule has 134 valence electrons. The van der Waals surface area contributed by atoms with Gasteiger partial charge in [0.1, 0.15) is 0 Å². The molecular weight excluding hydrogens is 356 g/mol. The zero-order valence-corrected chi connectivity index (χ0v) is 16.7. The number of nitrogens with zero attached hydrogens (tertiary/aromatic N) is 1. The quantitative estimate of drug-likeness (QED) is 0.755. The van der Waals surface area contributed by atoms with Crippen molar-refractivity contribution >= 4 is 34.6 Å². The number of halogens is 1. The van der Waals surface area contributed by atoms with Gasteiger partial charge in [-0.05, 0) is 67.0 Å². The molecular formula is C19H23ClN2O2S. The van der Waals surface area contributed by atoms with E-state index in [4.69, 9.17) is 33.3 Å². The number of nitrogens with one attached hydrogen (secondary N) is 1. The van der Waals surface area contributed by atoms with Crippen LogP contribution < -0.4 is 14.8 Å². The predicted octanol–water partition coefficient (Wildman–Crippen LogP) is 4.80. The van der Waals surface area contributed by atoms with Gasteiger partial charge in [0.25, 0.3) is 0 Å². The second kappa shape index (κ2) is 8.41. The number of thiocarbonyl (C=S) groups is 1. The third kappa shape index (κ3) is 4.55. The smallest absolute Gasteiger partial charge is 0.173 e. The van der Waals surface area contributed by atoms with E-state index >= 15 is 0 Å². The fourth-order valence-electron chi connectivity index (χ4n) is 2.47. The van der Waals surface area contributed by atoms with Crippen molar-refractivity contribution in [2.75, 3.05) is 26.6 Å². The molecule has 1 N–H and O–H groups in total. The molecule has 0 aliphatic heterocycles. The zero-order chi connectivity index (χ0) is 18.6. The van der Waals surface area contributed by atoms with Crippen molar-refractivity contribution in [2.24, 2.45) is 0 Å². The summed E-state index contributed by atoms with van der Waals surface area (Å²) in [7, 11) is 5.22. The van der Waals surface area contributed by atoms with Crippen LogP contribution >= 0.6 is 23.8 Å². The number of hydrogen-bond donors (Lipinski definition) is 1. The van der Waals surface area contributed by atoms with Crippen LogP contribution in [-0.4, -0.2) is 31.3 Å². The minimum Gasteiger partial charge on any atom is -0.493 e. The van der Waals surface area contributed by atoms with Crippen molar-refractivity contribution in [3.05, 3.63) is 52.0 Å². The molecule has 0 aliphatic rings. The molecule has 0 atom stereocenters. The molecule has 25 heavy (non-hydrogen) atoms. The number of ether oxygens (including phenoxy) is 2. The Bertz CT molecular complexity index is 780. The van der Waals surface area contributed by atoms with Crippen molar-refractivity contribution in [3.63, 3.8) is 0 Å². The van der Waals surface area contributed by atoms with Gasteiger partial charge in [-0.1, -0.05) is 17.7 Å². The Hall–Kier alpha value is -1.98. The third-order valence-electron chi connectivity index (χ3n) is 4.11. The molecule has 2 aromatic rings. The third-order valence-corrected chi connectivity index (χ3v) is 4.93. The Kier molecular flexibility index (Phi) is 6.51. The highest BCUT2D eigenvalue weighted by molar-refractivity contribution is 7.80. The summed E-state index contributed by atoms with van der Waals surface area (Å²) in [6.07, 6.45) is 0. The fraction of sp³-hybridized carbons (Fsp3) is 0.316. The first-order valence-corrected chi connectivity index (χ1v) is 8.64. The molecule has 0 radical (unpaired) electrons. The molecule has 0 aromatic heterocycles. The van der Waals surface area contributed by atoms with E-state index in [0.717, 1.165) is 28.1 Å². The van der Waals surface area contributed by atoms with Crippen molar-refractivity contribution < 1.29 is 9.47 Å². The Morgan fingerprint density at radius 2 is 1.80 bits per heavy atom. The molecule has 0 saturated heterocycles. The first kappa shape index (κ1) is 19.3. The van der Waals surface area contributed by atoms with Crippen LogP contribution in [0.25, 0.3) is 0 Å². The summed E-state index contributed by atoms with van der Waals surface area (Å²) in [6, 6.07) is 9.68. The maximum atomic E-state index is 6.17. The number of benzene rings is 2. The SMILES string of the molecule is COc1cc(C)c(CN(C)C(=S)Nc2cccc(Cl)c2C)cc1OC. The Labute approximate surface area is 159 Å². The molecule has 0 amide bonds. The lowest BCUT2D eigenvalue weighted by atomic mass is 10.1. The van der Waals surface area contributed by atoms with E-state index in [1.165, 1.54) is 0 Å². The van der Waals surface area contributed by atoms with Gasteiger partial charge in [-0.3, -0.25) is 0 Å². The van der Waals surface area contributed by atoms with Crippen LogP contribution in [-0.2, 0) is 6.54 Å². The molecule has 2 aromatic carbocycles. The van der Waals surface area contributed by atoms with Gasteiger partial charge in [0.05, 0.1) is 14.2 Å². The van der Waals surface area contributed by atoms with Gasteiger partial charge in [0.2, 0.25) is 0 Å². The van der Waals surface area contributed by atoms with Gasteiger partial charge in [-0.2, -0.15) is 0 Å². The van der Waals surface area contributed by atoms with Gasteiger partial charge in [-0.25, -0.2) is 0 Å². The van der Waals surface area contributed by atoms with Gasteiger partial charge < -0.3 is 19.7 Å². The van der Waals surface area contributed by atoms with Crippen LogP contribution in [0.3, 0.4) is 0 Å². The van der Waals surface area contributed by atoms with E-state index in [-0.39, 0.29) is 0 Å². The standard InChI is InChI=1S/C19H23ClN2O2S/c1-12-9-17(23-4)18(24-5)10-14(12)11-22(3)19(25)21-16-8-6-7-15(20)13(16)2/h6-10H,11H2,1-5H3,(H,21,25). The number of hydrogen-bond acceptors (Lipinski definition) is 3. The van der Waals surface area contributed by atoms with Gasteiger partial charge >= 0.3 is 0 Å². The summed E-state index contributed by atoms with van der Waals surface area (Å²) in [5.74, 6) is 1.43. The molecule has 0 aliphatic carbocycles. The summed E-state index contributed by atoms with van der Waals surface area (Å²) in [6.45, 7) is 4.66. The van der Waals surface area contributed by atoms with Gasteiger partial charge in [-0.15, -0.1) is 0 Å². The second-order valence-electron chi connectivity index (χ2n) is 5.83. The van der Waals surface area contributed by atoms with Crippen molar-refractivity contribution in [2.45, 2.75) is 20.4 Å². The molecule has 0 saturated carbocycles. The molecule has 2 rings (SSSR count). The van der Waals surface area contributed by atoms with E-state index < -0.39 is 0 Å². The molecule has 0 bridgehead atoms. The van der Waals surface area contributed by atoms with E-state index in [0.29, 0.717) is 22.4 Å². The first-order valence-electron chi connectivity index (χ1n) is 7.86. The molecule has 0 heterocycles. The highest BCUT2D eigenvalue weighted by atomic mass is 35.5. The van der Waals surface area contributed by atoms with Crippen molar-refractivity contribution in [3.8, 4) is 11.5 Å². The highest BCUT2D eigenvalue weighted by Gasteiger charge is 2.13. The average Bonchev–Trinajstić information content (AvgIpc) is 2.60. The summed E-state index contributed by atoms with van der Waals surface area (Å²) in [5, 5.41) is 4.60. The number of aryl methyl sites for hydroxylation is 1. The monoisotopic (exact) mass is 378 g/mol. The molecule has 4 nitrogen and oxygen atoms in total. The second-order valence-corrected chi connectivity index (χ2v) is 6.63. The Morgan fingerprint density at radius 3 is 2.44 bits per heavy atom. The molecule has 6 heteroatoms. The minimum absolute atomic E-state index is 0.625. The van der Waals surface area contributed by atoms with E-state index in [9.17, 15) is 0 Å². The van der Waals surface area contributed by atoms with Gasteiger partial charge in [0, 0.05) is 24.3 Å². The molecule has 0 fully saturated rings. The Balaban J connectivity index is 2.15. The first-order chi connectivity index (χ1) is 11.9. The molecule has 0 spiro atoms. The number of rotatable bonds is 5. The van der Waals surface area contributed by atoms with Crippen LogP contribution in [0.15, 0.2) is 30.3 Å². The molecule has 0 unspecified atom stereocenters. The lowest BCUT2D eigenvalue weighted by Crippen LogP contribution is -2.31. The van der Waals surface area contributed by atoms with Crippen molar-refractivity contribution in [1.82, 2.24) is 4.90 Å². The number of anilines is 1. The summed E-state index contributed by atoms with van der Waals surface area (Å²) < 4.78 is 10.7. The van der Waals surface area contributed by atoms with Gasteiger partial charge in [0.15, 0.2) is 16.6 Å². The zero-order valence-electron chi connectivity index (χ0n) is 15.1. The maximum absolute atomic E-state index is 6.17. The average molecular weight is 379 g/mol. The minimum atomic E-state index is 0.625. The van der Waals surface area contributed by atoms with Crippen molar-refractivity contribution in [1.29, 1.82) is 0 Å². The Morgan fingerprint density at radius 1 is 1.16 bits per heavy atom. The summed E-state index contributed by atoms with van der Waals surface area (Å²) >= 11 is 11.7.